The fourth-order valence-corrected chi connectivity index (χ4v) is 1.42. The van der Waals surface area contributed by atoms with Gasteiger partial charge in [0.05, 0.1) is 5.60 Å². The van der Waals surface area contributed by atoms with E-state index in [1.54, 1.807) is 7.11 Å². The molecule has 0 aliphatic heterocycles. The van der Waals surface area contributed by atoms with Gasteiger partial charge in [-0.05, 0) is 31.4 Å². The third kappa shape index (κ3) is 3.17. The van der Waals surface area contributed by atoms with Gasteiger partial charge in [-0.2, -0.15) is 0 Å². The summed E-state index contributed by atoms with van der Waals surface area (Å²) in [5, 5.41) is 0. The van der Waals surface area contributed by atoms with Gasteiger partial charge in [-0.15, -0.1) is 0 Å². The van der Waals surface area contributed by atoms with Crippen LogP contribution in [0.1, 0.15) is 31.4 Å². The number of aldehydes is 1. The topological polar surface area (TPSA) is 26.3 Å². The van der Waals surface area contributed by atoms with E-state index in [2.05, 4.69) is 24.3 Å². The summed E-state index contributed by atoms with van der Waals surface area (Å²) in [6.45, 7) is 4.07. The van der Waals surface area contributed by atoms with Gasteiger partial charge in [-0.1, -0.05) is 24.3 Å². The summed E-state index contributed by atoms with van der Waals surface area (Å²) in [6, 6.07) is 8.23. The molecule has 0 fully saturated rings. The maximum Gasteiger partial charge on any atom is 0.120 e. The van der Waals surface area contributed by atoms with Crippen molar-refractivity contribution in [3.05, 3.63) is 35.4 Å². The Balaban J connectivity index is 2.76. The molecule has 0 bridgehead atoms. The first kappa shape index (κ1) is 11.9. The van der Waals surface area contributed by atoms with Crippen LogP contribution in [-0.4, -0.2) is 13.4 Å². The number of hydrogen-bond donors (Lipinski definition) is 0. The van der Waals surface area contributed by atoms with Gasteiger partial charge in [0.1, 0.15) is 6.29 Å². The van der Waals surface area contributed by atoms with E-state index in [0.717, 1.165) is 18.3 Å². The van der Waals surface area contributed by atoms with Crippen LogP contribution in [-0.2, 0) is 21.6 Å². The number of hydrogen-bond acceptors (Lipinski definition) is 2. The van der Waals surface area contributed by atoms with Gasteiger partial charge in [0, 0.05) is 13.5 Å². The molecule has 15 heavy (non-hydrogen) atoms. The Kier molecular flexibility index (Phi) is 4.04. The van der Waals surface area contributed by atoms with Crippen LogP contribution < -0.4 is 0 Å². The zero-order chi connectivity index (χ0) is 11.3. The number of benzene rings is 1. The van der Waals surface area contributed by atoms with Crippen LogP contribution in [0.25, 0.3) is 0 Å². The lowest BCUT2D eigenvalue weighted by Crippen LogP contribution is -2.19. The summed E-state index contributed by atoms with van der Waals surface area (Å²) in [5.74, 6) is 0. The number of carbonyl (C=O) groups is 1. The van der Waals surface area contributed by atoms with Crippen LogP contribution in [0.15, 0.2) is 24.3 Å². The van der Waals surface area contributed by atoms with Crippen LogP contribution in [0.5, 0.6) is 0 Å². The lowest BCUT2D eigenvalue weighted by Gasteiger charge is -2.23. The molecule has 0 unspecified atom stereocenters. The van der Waals surface area contributed by atoms with Gasteiger partial charge in [0.25, 0.3) is 0 Å². The highest BCUT2D eigenvalue weighted by atomic mass is 16.5. The second-order valence-corrected chi connectivity index (χ2v) is 4.12. The first-order chi connectivity index (χ1) is 7.10. The van der Waals surface area contributed by atoms with E-state index < -0.39 is 0 Å². The first-order valence-electron chi connectivity index (χ1n) is 5.18. The normalized spacial score (nSPS) is 11.4. The van der Waals surface area contributed by atoms with Crippen LogP contribution in [0, 0.1) is 0 Å². The van der Waals surface area contributed by atoms with Crippen molar-refractivity contribution in [2.75, 3.05) is 7.11 Å². The summed E-state index contributed by atoms with van der Waals surface area (Å²) >= 11 is 0. The monoisotopic (exact) mass is 206 g/mol. The molecule has 0 aromatic heterocycles. The molecule has 1 rings (SSSR count). The largest absolute Gasteiger partial charge is 0.374 e. The van der Waals surface area contributed by atoms with Gasteiger partial charge in [0.2, 0.25) is 0 Å². The molecule has 0 saturated heterocycles. The predicted molar refractivity (Wildman–Crippen MR) is 60.9 cm³/mol. The summed E-state index contributed by atoms with van der Waals surface area (Å²) in [7, 11) is 1.71. The van der Waals surface area contributed by atoms with Crippen molar-refractivity contribution < 1.29 is 9.53 Å². The van der Waals surface area contributed by atoms with Crippen molar-refractivity contribution in [2.45, 2.75) is 32.3 Å². The Hall–Kier alpha value is -1.15. The Labute approximate surface area is 91.3 Å². The van der Waals surface area contributed by atoms with Crippen LogP contribution in [0.2, 0.25) is 0 Å². The van der Waals surface area contributed by atoms with Crippen LogP contribution in [0.4, 0.5) is 0 Å². The van der Waals surface area contributed by atoms with Crippen molar-refractivity contribution in [2.24, 2.45) is 0 Å². The zero-order valence-corrected chi connectivity index (χ0v) is 9.62. The zero-order valence-electron chi connectivity index (χ0n) is 9.62. The van der Waals surface area contributed by atoms with Crippen LogP contribution in [0.3, 0.4) is 0 Å². The van der Waals surface area contributed by atoms with Crippen molar-refractivity contribution in [1.82, 2.24) is 0 Å². The van der Waals surface area contributed by atoms with Gasteiger partial charge >= 0.3 is 0 Å². The summed E-state index contributed by atoms with van der Waals surface area (Å²) in [4.78, 5) is 10.2. The highest BCUT2D eigenvalue weighted by Crippen LogP contribution is 2.23. The minimum atomic E-state index is -0.247. The van der Waals surface area contributed by atoms with Gasteiger partial charge in [-0.25, -0.2) is 0 Å². The lowest BCUT2D eigenvalue weighted by molar-refractivity contribution is -0.107. The second-order valence-electron chi connectivity index (χ2n) is 4.12. The van der Waals surface area contributed by atoms with Crippen molar-refractivity contribution in [3.63, 3.8) is 0 Å². The average Bonchev–Trinajstić information content (AvgIpc) is 2.27. The van der Waals surface area contributed by atoms with Crippen molar-refractivity contribution in [3.8, 4) is 0 Å². The first-order valence-corrected chi connectivity index (χ1v) is 5.18. The fourth-order valence-electron chi connectivity index (χ4n) is 1.42. The second kappa shape index (κ2) is 5.08. The SMILES string of the molecule is COC(C)(C)c1ccc(CCC=O)cc1. The quantitative estimate of drug-likeness (QED) is 0.692. The van der Waals surface area contributed by atoms with E-state index in [1.807, 2.05) is 13.8 Å². The highest BCUT2D eigenvalue weighted by Gasteiger charge is 2.18. The molecule has 0 saturated carbocycles. The summed E-state index contributed by atoms with van der Waals surface area (Å²) < 4.78 is 5.39. The molecule has 0 N–H and O–H groups in total. The molecule has 82 valence electrons. The summed E-state index contributed by atoms with van der Waals surface area (Å²) in [6.07, 6.45) is 2.36. The van der Waals surface area contributed by atoms with E-state index in [0.29, 0.717) is 6.42 Å². The van der Waals surface area contributed by atoms with Crippen molar-refractivity contribution in [1.29, 1.82) is 0 Å². The van der Waals surface area contributed by atoms with E-state index in [1.165, 1.54) is 5.56 Å². The van der Waals surface area contributed by atoms with Crippen molar-refractivity contribution >= 4 is 6.29 Å². The molecule has 0 amide bonds. The molecule has 0 spiro atoms. The Morgan fingerprint density at radius 1 is 1.27 bits per heavy atom. The molecule has 2 nitrogen and oxygen atoms in total. The molecule has 0 heterocycles. The number of rotatable bonds is 5. The molecule has 0 radical (unpaired) electrons. The number of methoxy groups -OCH3 is 1. The smallest absolute Gasteiger partial charge is 0.120 e. The molecule has 2 heteroatoms. The molecule has 0 aliphatic rings. The lowest BCUT2D eigenvalue weighted by atomic mass is 9.96. The predicted octanol–water partition coefficient (Wildman–Crippen LogP) is 2.70. The van der Waals surface area contributed by atoms with Gasteiger partial charge in [0.15, 0.2) is 0 Å². The number of carbonyl (C=O) groups excluding carboxylic acids is 1. The highest BCUT2D eigenvalue weighted by molar-refractivity contribution is 5.50. The fraction of sp³-hybridized carbons (Fsp3) is 0.462. The van der Waals surface area contributed by atoms with E-state index in [9.17, 15) is 4.79 Å². The third-order valence-corrected chi connectivity index (χ3v) is 2.71. The Bertz CT molecular complexity index is 312. The molecular formula is C13H18O2. The standard InChI is InChI=1S/C13H18O2/c1-13(2,15-3)12-8-6-11(7-9-12)5-4-10-14/h6-10H,4-5H2,1-3H3. The summed E-state index contributed by atoms with van der Waals surface area (Å²) in [5.41, 5.74) is 2.10. The molecular weight excluding hydrogens is 188 g/mol. The number of ether oxygens (including phenoxy) is 1. The molecule has 1 aromatic rings. The maximum absolute atomic E-state index is 10.2. The molecule has 1 aromatic carbocycles. The van der Waals surface area contributed by atoms with E-state index in [-0.39, 0.29) is 5.60 Å². The van der Waals surface area contributed by atoms with E-state index >= 15 is 0 Å². The maximum atomic E-state index is 10.2. The van der Waals surface area contributed by atoms with E-state index in [4.69, 9.17) is 4.74 Å². The molecule has 0 atom stereocenters. The average molecular weight is 206 g/mol. The minimum absolute atomic E-state index is 0.247. The Morgan fingerprint density at radius 2 is 1.87 bits per heavy atom. The van der Waals surface area contributed by atoms with Gasteiger partial charge < -0.3 is 9.53 Å². The van der Waals surface area contributed by atoms with Crippen LogP contribution >= 0.6 is 0 Å². The Morgan fingerprint density at radius 3 is 2.33 bits per heavy atom. The minimum Gasteiger partial charge on any atom is -0.374 e. The number of aryl methyl sites for hydroxylation is 1. The van der Waals surface area contributed by atoms with Gasteiger partial charge in [-0.3, -0.25) is 0 Å². The third-order valence-electron chi connectivity index (χ3n) is 2.71. The molecule has 0 aliphatic carbocycles.